The van der Waals surface area contributed by atoms with Crippen molar-refractivity contribution in [2.24, 2.45) is 0 Å². The zero-order valence-electron chi connectivity index (χ0n) is 6.59. The van der Waals surface area contributed by atoms with Crippen LogP contribution in [0.3, 0.4) is 0 Å². The van der Waals surface area contributed by atoms with Gasteiger partial charge in [0.05, 0.1) is 5.25 Å². The molecular weight excluding hydrogens is 178 g/mol. The van der Waals surface area contributed by atoms with Crippen LogP contribution in [0, 0.1) is 0 Å². The van der Waals surface area contributed by atoms with Crippen LogP contribution >= 0.6 is 0 Å². The first-order valence-electron chi connectivity index (χ1n) is 3.44. The molecule has 1 saturated carbocycles. The summed E-state index contributed by atoms with van der Waals surface area (Å²) >= 11 is -2.21. The Morgan fingerprint density at radius 2 is 1.91 bits per heavy atom. The number of halogens is 1. The van der Waals surface area contributed by atoms with Crippen LogP contribution in [-0.2, 0) is 11.1 Å². The molecule has 5 heteroatoms. The summed E-state index contributed by atoms with van der Waals surface area (Å²) in [4.78, 5) is 0. The van der Waals surface area contributed by atoms with Crippen LogP contribution in [0.5, 0.6) is 0 Å². The minimum atomic E-state index is -2.21. The van der Waals surface area contributed by atoms with Gasteiger partial charge in [-0.25, -0.2) is 4.39 Å². The standard InChI is InChI=1S/C6H11FO2S.Na/c7-5-3-1-2-4-6(5)10(8)9;/h5-6H,1-4H2,(H,8,9);/q;+1/p-1/t5-,6+;/m0./s1. The van der Waals surface area contributed by atoms with Gasteiger partial charge in [0, 0.05) is 0 Å². The molecule has 0 amide bonds. The smallest absolute Gasteiger partial charge is 0.772 e. The Hall–Kier alpha value is 1.04. The van der Waals surface area contributed by atoms with Gasteiger partial charge >= 0.3 is 29.6 Å². The van der Waals surface area contributed by atoms with E-state index < -0.39 is 22.5 Å². The Morgan fingerprint density at radius 3 is 2.27 bits per heavy atom. The van der Waals surface area contributed by atoms with Crippen LogP contribution in [-0.4, -0.2) is 20.2 Å². The van der Waals surface area contributed by atoms with Gasteiger partial charge < -0.3 is 4.55 Å². The van der Waals surface area contributed by atoms with E-state index >= 15 is 0 Å². The summed E-state index contributed by atoms with van der Waals surface area (Å²) in [6, 6.07) is 0. The van der Waals surface area contributed by atoms with Crippen molar-refractivity contribution in [3.05, 3.63) is 0 Å². The van der Waals surface area contributed by atoms with E-state index in [1.54, 1.807) is 0 Å². The molecule has 0 aromatic rings. The summed E-state index contributed by atoms with van der Waals surface area (Å²) in [6.07, 6.45) is 1.47. The van der Waals surface area contributed by atoms with Gasteiger partial charge in [-0.15, -0.1) is 0 Å². The van der Waals surface area contributed by atoms with Crippen molar-refractivity contribution in [1.82, 2.24) is 0 Å². The van der Waals surface area contributed by atoms with Crippen LogP contribution < -0.4 is 29.6 Å². The second-order valence-corrected chi connectivity index (χ2v) is 3.73. The SMILES string of the molecule is O=S([O-])[C@@H]1CCCC[C@@H]1F.[Na+]. The third-order valence-corrected chi connectivity index (χ3v) is 2.89. The van der Waals surface area contributed by atoms with Crippen LogP contribution in [0.4, 0.5) is 4.39 Å². The Labute approximate surface area is 90.5 Å². The summed E-state index contributed by atoms with van der Waals surface area (Å²) in [7, 11) is 0. The van der Waals surface area contributed by atoms with E-state index in [1.165, 1.54) is 0 Å². The van der Waals surface area contributed by atoms with Crippen molar-refractivity contribution in [3.8, 4) is 0 Å². The minimum Gasteiger partial charge on any atom is -0.772 e. The van der Waals surface area contributed by atoms with Gasteiger partial charge in [0.1, 0.15) is 6.17 Å². The van der Waals surface area contributed by atoms with Gasteiger partial charge in [0.25, 0.3) is 0 Å². The van der Waals surface area contributed by atoms with Crippen LogP contribution in [0.2, 0.25) is 0 Å². The summed E-state index contributed by atoms with van der Waals surface area (Å²) in [6.45, 7) is 0. The van der Waals surface area contributed by atoms with Crippen LogP contribution in [0.15, 0.2) is 0 Å². The normalized spacial score (nSPS) is 34.0. The van der Waals surface area contributed by atoms with Gasteiger partial charge in [-0.1, -0.05) is 12.8 Å². The maximum Gasteiger partial charge on any atom is 1.00 e. The molecule has 3 atom stereocenters. The van der Waals surface area contributed by atoms with E-state index in [1.807, 2.05) is 0 Å². The van der Waals surface area contributed by atoms with Gasteiger partial charge in [-0.3, -0.25) is 4.21 Å². The van der Waals surface area contributed by atoms with Crippen molar-refractivity contribution in [3.63, 3.8) is 0 Å². The van der Waals surface area contributed by atoms with E-state index in [4.69, 9.17) is 0 Å². The van der Waals surface area contributed by atoms with Gasteiger partial charge in [-0.2, -0.15) is 0 Å². The molecule has 0 bridgehead atoms. The molecular formula is C6H10FNaO2S. The molecule has 0 aromatic heterocycles. The summed E-state index contributed by atoms with van der Waals surface area (Å²) < 4.78 is 33.4. The van der Waals surface area contributed by atoms with Crippen LogP contribution in [0.25, 0.3) is 0 Å². The molecule has 2 nitrogen and oxygen atoms in total. The molecule has 1 aliphatic carbocycles. The van der Waals surface area contributed by atoms with Gasteiger partial charge in [-0.05, 0) is 23.9 Å². The maximum absolute atomic E-state index is 12.7. The summed E-state index contributed by atoms with van der Waals surface area (Å²) in [5.41, 5.74) is 0. The molecule has 1 unspecified atom stereocenters. The zero-order chi connectivity index (χ0) is 7.56. The largest absolute Gasteiger partial charge is 1.00 e. The van der Waals surface area contributed by atoms with E-state index in [9.17, 15) is 13.2 Å². The molecule has 11 heavy (non-hydrogen) atoms. The van der Waals surface area contributed by atoms with E-state index in [2.05, 4.69) is 0 Å². The third kappa shape index (κ3) is 3.51. The maximum atomic E-state index is 12.7. The molecule has 0 N–H and O–H groups in total. The number of alkyl halides is 1. The summed E-state index contributed by atoms with van der Waals surface area (Å²) in [5.74, 6) is 0. The van der Waals surface area contributed by atoms with Crippen molar-refractivity contribution < 1.29 is 42.7 Å². The van der Waals surface area contributed by atoms with Crippen molar-refractivity contribution >= 4 is 11.1 Å². The Kier molecular flexibility index (Phi) is 6.18. The van der Waals surface area contributed by atoms with Crippen molar-refractivity contribution in [2.75, 3.05) is 0 Å². The summed E-state index contributed by atoms with van der Waals surface area (Å²) in [5, 5.41) is -0.728. The fourth-order valence-corrected chi connectivity index (χ4v) is 2.00. The van der Waals surface area contributed by atoms with Crippen LogP contribution in [0.1, 0.15) is 25.7 Å². The van der Waals surface area contributed by atoms with Gasteiger partial charge in [0.2, 0.25) is 0 Å². The van der Waals surface area contributed by atoms with Crippen molar-refractivity contribution in [1.29, 1.82) is 0 Å². The fourth-order valence-electron chi connectivity index (χ4n) is 1.27. The van der Waals surface area contributed by atoms with E-state index in [0.29, 0.717) is 12.8 Å². The average Bonchev–Trinajstić information content (AvgIpc) is 1.88. The van der Waals surface area contributed by atoms with Gasteiger partial charge in [0.15, 0.2) is 0 Å². The molecule has 0 spiro atoms. The molecule has 0 aliphatic heterocycles. The molecule has 0 heterocycles. The Balaban J connectivity index is 0.000001000. The number of rotatable bonds is 1. The third-order valence-electron chi connectivity index (χ3n) is 1.87. The Morgan fingerprint density at radius 1 is 1.36 bits per heavy atom. The van der Waals surface area contributed by atoms with Crippen molar-refractivity contribution in [2.45, 2.75) is 37.1 Å². The second-order valence-electron chi connectivity index (χ2n) is 2.60. The predicted octanol–water partition coefficient (Wildman–Crippen LogP) is -1.85. The van der Waals surface area contributed by atoms with E-state index in [-0.39, 0.29) is 29.6 Å². The molecule has 0 saturated heterocycles. The average molecular weight is 188 g/mol. The molecule has 0 aromatic carbocycles. The first kappa shape index (κ1) is 12.0. The fraction of sp³-hybridized carbons (Fsp3) is 1.00. The monoisotopic (exact) mass is 188 g/mol. The molecule has 0 radical (unpaired) electrons. The minimum absolute atomic E-state index is 0. The van der Waals surface area contributed by atoms with E-state index in [0.717, 1.165) is 12.8 Å². The number of hydrogen-bond donors (Lipinski definition) is 0. The molecule has 1 aliphatic rings. The first-order valence-corrected chi connectivity index (χ1v) is 4.58. The first-order chi connectivity index (χ1) is 4.72. The molecule has 1 rings (SSSR count). The topological polar surface area (TPSA) is 40.1 Å². The zero-order valence-corrected chi connectivity index (χ0v) is 9.40. The number of hydrogen-bond acceptors (Lipinski definition) is 2. The quantitative estimate of drug-likeness (QED) is 0.358. The Bertz CT molecular complexity index is 145. The predicted molar refractivity (Wildman–Crippen MR) is 36.1 cm³/mol. The second kappa shape index (κ2) is 5.65. The molecule has 60 valence electrons. The molecule has 1 fully saturated rings.